The minimum Gasteiger partial charge on any atom is -0.144 e. The van der Waals surface area contributed by atoms with Gasteiger partial charge in [0.2, 0.25) is 0 Å². The van der Waals surface area contributed by atoms with Crippen molar-refractivity contribution < 1.29 is 0 Å². The van der Waals surface area contributed by atoms with E-state index in [2.05, 4.69) is 23.6 Å². The van der Waals surface area contributed by atoms with Gasteiger partial charge in [-0.25, -0.2) is 0 Å². The largest absolute Gasteiger partial charge is 0.144 e. The first-order chi connectivity index (χ1) is 6.84. The van der Waals surface area contributed by atoms with Crippen LogP contribution in [-0.4, -0.2) is 0 Å². The highest BCUT2D eigenvalue weighted by atomic mass is 35.5. The van der Waals surface area contributed by atoms with Gasteiger partial charge in [-0.1, -0.05) is 35.9 Å². The normalized spacial score (nSPS) is 10.9. The fraction of sp³-hybridized carbons (Fsp3) is 0. The van der Waals surface area contributed by atoms with Gasteiger partial charge in [-0.3, -0.25) is 0 Å². The zero-order valence-electron chi connectivity index (χ0n) is 7.48. The standard InChI is InChI=1S/C12H9ClS/c13-11-6-3-10(4-7-11)5-8-12-2-1-9-14-12/h1-9H/b8-5+. The Morgan fingerprint density at radius 3 is 2.43 bits per heavy atom. The van der Waals surface area contributed by atoms with Gasteiger partial charge in [0, 0.05) is 9.90 Å². The number of hydrogen-bond donors (Lipinski definition) is 0. The van der Waals surface area contributed by atoms with E-state index < -0.39 is 0 Å². The second-order valence-electron chi connectivity index (χ2n) is 2.90. The molecule has 0 saturated heterocycles. The molecule has 0 spiro atoms. The summed E-state index contributed by atoms with van der Waals surface area (Å²) in [7, 11) is 0. The summed E-state index contributed by atoms with van der Waals surface area (Å²) in [6.07, 6.45) is 4.19. The van der Waals surface area contributed by atoms with Crippen molar-refractivity contribution in [3.8, 4) is 0 Å². The van der Waals surface area contributed by atoms with Crippen LogP contribution in [0.2, 0.25) is 5.02 Å². The molecule has 2 rings (SSSR count). The average Bonchev–Trinajstić information content (AvgIpc) is 2.70. The molecule has 0 fully saturated rings. The first-order valence-electron chi connectivity index (χ1n) is 4.32. The molecule has 0 bridgehead atoms. The van der Waals surface area contributed by atoms with Crippen LogP contribution in [-0.2, 0) is 0 Å². The van der Waals surface area contributed by atoms with E-state index in [1.54, 1.807) is 11.3 Å². The molecule has 0 N–H and O–H groups in total. The molecule has 1 aromatic carbocycles. The molecule has 0 radical (unpaired) electrons. The smallest absolute Gasteiger partial charge is 0.0406 e. The minimum atomic E-state index is 0.776. The Kier molecular flexibility index (Phi) is 3.02. The van der Waals surface area contributed by atoms with Crippen molar-refractivity contribution in [2.45, 2.75) is 0 Å². The molecule has 2 aromatic rings. The van der Waals surface area contributed by atoms with Crippen LogP contribution in [0.5, 0.6) is 0 Å². The van der Waals surface area contributed by atoms with Crippen LogP contribution in [0.3, 0.4) is 0 Å². The summed E-state index contributed by atoms with van der Waals surface area (Å²) >= 11 is 7.52. The molecular formula is C12H9ClS. The molecule has 0 unspecified atom stereocenters. The molecule has 0 aliphatic heterocycles. The minimum absolute atomic E-state index is 0.776. The molecule has 14 heavy (non-hydrogen) atoms. The number of rotatable bonds is 2. The highest BCUT2D eigenvalue weighted by Gasteiger charge is 1.88. The van der Waals surface area contributed by atoms with E-state index in [0.29, 0.717) is 0 Å². The molecule has 1 aromatic heterocycles. The molecular weight excluding hydrogens is 212 g/mol. The average molecular weight is 221 g/mol. The first kappa shape index (κ1) is 9.50. The van der Waals surface area contributed by atoms with Gasteiger partial charge >= 0.3 is 0 Å². The topological polar surface area (TPSA) is 0 Å². The second kappa shape index (κ2) is 4.45. The summed E-state index contributed by atoms with van der Waals surface area (Å²) in [6.45, 7) is 0. The lowest BCUT2D eigenvalue weighted by Crippen LogP contribution is -1.69. The van der Waals surface area contributed by atoms with Gasteiger partial charge in [0.05, 0.1) is 0 Å². The molecule has 2 heteroatoms. The number of halogens is 1. The number of thiophene rings is 1. The van der Waals surface area contributed by atoms with Gasteiger partial charge in [0.1, 0.15) is 0 Å². The third-order valence-electron chi connectivity index (χ3n) is 1.85. The van der Waals surface area contributed by atoms with E-state index in [-0.39, 0.29) is 0 Å². The molecule has 1 heterocycles. The zero-order chi connectivity index (χ0) is 9.80. The van der Waals surface area contributed by atoms with Crippen LogP contribution in [0.4, 0.5) is 0 Å². The first-order valence-corrected chi connectivity index (χ1v) is 5.57. The van der Waals surface area contributed by atoms with Gasteiger partial charge < -0.3 is 0 Å². The van der Waals surface area contributed by atoms with E-state index in [4.69, 9.17) is 11.6 Å². The van der Waals surface area contributed by atoms with Crippen LogP contribution in [0.25, 0.3) is 12.2 Å². The van der Waals surface area contributed by atoms with E-state index in [9.17, 15) is 0 Å². The predicted octanol–water partition coefficient (Wildman–Crippen LogP) is 4.57. The SMILES string of the molecule is Clc1ccc(/C=C/c2cccs2)cc1. The maximum Gasteiger partial charge on any atom is 0.0406 e. The second-order valence-corrected chi connectivity index (χ2v) is 4.32. The van der Waals surface area contributed by atoms with E-state index in [0.717, 1.165) is 5.02 Å². The Morgan fingerprint density at radius 2 is 1.79 bits per heavy atom. The van der Waals surface area contributed by atoms with Crippen LogP contribution in [0, 0.1) is 0 Å². The van der Waals surface area contributed by atoms with Crippen LogP contribution in [0.15, 0.2) is 41.8 Å². The lowest BCUT2D eigenvalue weighted by atomic mass is 10.2. The third kappa shape index (κ3) is 2.47. The van der Waals surface area contributed by atoms with E-state index >= 15 is 0 Å². The Labute approximate surface area is 92.5 Å². The Hall–Kier alpha value is -1.05. The summed E-state index contributed by atoms with van der Waals surface area (Å²) in [6, 6.07) is 12.0. The van der Waals surface area contributed by atoms with Gasteiger partial charge in [-0.2, -0.15) is 0 Å². The quantitative estimate of drug-likeness (QED) is 0.696. The molecule has 0 aliphatic rings. The van der Waals surface area contributed by atoms with Crippen molar-refractivity contribution in [2.75, 3.05) is 0 Å². The van der Waals surface area contributed by atoms with Crippen LogP contribution >= 0.6 is 22.9 Å². The molecule has 0 amide bonds. The van der Waals surface area contributed by atoms with Crippen molar-refractivity contribution in [1.29, 1.82) is 0 Å². The fourth-order valence-electron chi connectivity index (χ4n) is 1.14. The van der Waals surface area contributed by atoms with Gasteiger partial charge in [0.15, 0.2) is 0 Å². The van der Waals surface area contributed by atoms with Crippen molar-refractivity contribution in [2.24, 2.45) is 0 Å². The third-order valence-corrected chi connectivity index (χ3v) is 2.94. The summed E-state index contributed by atoms with van der Waals surface area (Å²) in [4.78, 5) is 1.26. The van der Waals surface area contributed by atoms with Crippen molar-refractivity contribution in [1.82, 2.24) is 0 Å². The van der Waals surface area contributed by atoms with Crippen molar-refractivity contribution >= 4 is 35.1 Å². The van der Waals surface area contributed by atoms with Gasteiger partial charge in [0.25, 0.3) is 0 Å². The maximum atomic E-state index is 5.79. The number of benzene rings is 1. The Bertz CT molecular complexity index is 412. The van der Waals surface area contributed by atoms with Crippen molar-refractivity contribution in [3.05, 3.63) is 57.2 Å². The summed E-state index contributed by atoms with van der Waals surface area (Å²) in [5.74, 6) is 0. The summed E-state index contributed by atoms with van der Waals surface area (Å²) in [5.41, 5.74) is 1.17. The highest BCUT2D eigenvalue weighted by molar-refractivity contribution is 7.10. The lowest BCUT2D eigenvalue weighted by Gasteiger charge is -1.92. The maximum absolute atomic E-state index is 5.79. The van der Waals surface area contributed by atoms with Crippen LogP contribution in [0.1, 0.15) is 10.4 Å². The van der Waals surface area contributed by atoms with Crippen LogP contribution < -0.4 is 0 Å². The van der Waals surface area contributed by atoms with E-state index in [1.807, 2.05) is 30.3 Å². The molecule has 0 nitrogen and oxygen atoms in total. The Balaban J connectivity index is 2.15. The Morgan fingerprint density at radius 1 is 1.00 bits per heavy atom. The molecule has 0 atom stereocenters. The summed E-state index contributed by atoms with van der Waals surface area (Å²) < 4.78 is 0. The molecule has 70 valence electrons. The monoisotopic (exact) mass is 220 g/mol. The van der Waals surface area contributed by atoms with Gasteiger partial charge in [-0.05, 0) is 35.2 Å². The molecule has 0 saturated carbocycles. The zero-order valence-corrected chi connectivity index (χ0v) is 9.05. The van der Waals surface area contributed by atoms with Gasteiger partial charge in [-0.15, -0.1) is 11.3 Å². The van der Waals surface area contributed by atoms with Crippen molar-refractivity contribution in [3.63, 3.8) is 0 Å². The summed E-state index contributed by atoms with van der Waals surface area (Å²) in [5, 5.41) is 2.85. The highest BCUT2D eigenvalue weighted by Crippen LogP contribution is 2.15. The predicted molar refractivity (Wildman–Crippen MR) is 64.7 cm³/mol. The molecule has 0 aliphatic carbocycles. The van der Waals surface area contributed by atoms with E-state index in [1.165, 1.54) is 10.4 Å². The lowest BCUT2D eigenvalue weighted by molar-refractivity contribution is 1.66. The number of hydrogen-bond acceptors (Lipinski definition) is 1. The fourth-order valence-corrected chi connectivity index (χ4v) is 1.88.